The highest BCUT2D eigenvalue weighted by atomic mass is 15.4. The van der Waals surface area contributed by atoms with Crippen LogP contribution in [0.5, 0.6) is 0 Å². The molecule has 0 aromatic rings. The first-order valence-electron chi connectivity index (χ1n) is 7.62. The molecule has 0 aliphatic carbocycles. The minimum Gasteiger partial charge on any atom is -0.317 e. The molecule has 0 N–H and O–H groups in total. The molecule has 1 atom stereocenters. The van der Waals surface area contributed by atoms with E-state index < -0.39 is 0 Å². The summed E-state index contributed by atoms with van der Waals surface area (Å²) in [7, 11) is 2.47. The first-order chi connectivity index (χ1) is 7.76. The lowest BCUT2D eigenvalue weighted by Gasteiger charge is -2.55. The zero-order chi connectivity index (χ0) is 13.7. The molecule has 0 fully saturated rings. The van der Waals surface area contributed by atoms with Crippen LogP contribution in [0.4, 0.5) is 0 Å². The maximum absolute atomic E-state index is 2.52. The zero-order valence-corrected chi connectivity index (χ0v) is 13.6. The summed E-state index contributed by atoms with van der Waals surface area (Å²) in [6.07, 6.45) is 6.69. The zero-order valence-electron chi connectivity index (χ0n) is 13.6. The maximum Gasteiger partial charge on any atom is 0.0965 e. The van der Waals surface area contributed by atoms with Crippen LogP contribution < -0.4 is 0 Å². The van der Waals surface area contributed by atoms with Gasteiger partial charge in [-0.1, -0.05) is 26.7 Å². The van der Waals surface area contributed by atoms with Gasteiger partial charge < -0.3 is 4.48 Å². The van der Waals surface area contributed by atoms with Crippen molar-refractivity contribution in [3.8, 4) is 0 Å². The Labute approximate surface area is 110 Å². The Kier molecular flexibility index (Phi) is 6.76. The van der Waals surface area contributed by atoms with Gasteiger partial charge in [-0.25, -0.2) is 0 Å². The molecule has 0 rings (SSSR count). The number of rotatable bonds is 8. The monoisotopic (exact) mass is 242 g/mol. The molecular weight excluding hydrogens is 206 g/mol. The van der Waals surface area contributed by atoms with Crippen LogP contribution in [0.25, 0.3) is 0 Å². The molecule has 1 unspecified atom stereocenters. The van der Waals surface area contributed by atoms with Gasteiger partial charge in [0.05, 0.1) is 24.7 Å². The van der Waals surface area contributed by atoms with Gasteiger partial charge in [0.1, 0.15) is 0 Å². The predicted octanol–water partition coefficient (Wildman–Crippen LogP) is 5.00. The summed E-state index contributed by atoms with van der Waals surface area (Å²) in [5.41, 5.74) is 0.438. The van der Waals surface area contributed by atoms with Crippen molar-refractivity contribution in [1.82, 2.24) is 0 Å². The van der Waals surface area contributed by atoms with Crippen LogP contribution >= 0.6 is 0 Å². The van der Waals surface area contributed by atoms with Gasteiger partial charge in [-0.2, -0.15) is 0 Å². The van der Waals surface area contributed by atoms with Gasteiger partial charge in [0, 0.05) is 12.8 Å². The Morgan fingerprint density at radius 1 is 0.882 bits per heavy atom. The first-order valence-corrected chi connectivity index (χ1v) is 7.62. The van der Waals surface area contributed by atoms with Crippen LogP contribution in [0.15, 0.2) is 0 Å². The fourth-order valence-electron chi connectivity index (χ4n) is 3.55. The Balaban J connectivity index is 5.21. The van der Waals surface area contributed by atoms with Crippen molar-refractivity contribution in [2.45, 2.75) is 98.2 Å². The van der Waals surface area contributed by atoms with E-state index in [0.717, 1.165) is 0 Å². The van der Waals surface area contributed by atoms with E-state index >= 15 is 0 Å². The Morgan fingerprint density at radius 3 is 1.65 bits per heavy atom. The van der Waals surface area contributed by atoms with Crippen LogP contribution in [-0.4, -0.2) is 29.2 Å². The van der Waals surface area contributed by atoms with Crippen molar-refractivity contribution in [2.75, 3.05) is 7.05 Å². The third-order valence-corrected chi connectivity index (χ3v) is 5.17. The molecule has 1 nitrogen and oxygen atoms in total. The van der Waals surface area contributed by atoms with Crippen molar-refractivity contribution < 1.29 is 4.48 Å². The number of unbranched alkanes of at least 4 members (excludes halogenated alkanes) is 1. The highest BCUT2D eigenvalue weighted by Gasteiger charge is 2.46. The lowest BCUT2D eigenvalue weighted by atomic mass is 9.83. The standard InChI is InChI=1S/C16H36N/c1-9-11-13-16(7,12-10-2)17(8,14(3)4)15(5)6/h14-15H,9-13H2,1-8H3/q+1. The second-order valence-electron chi connectivity index (χ2n) is 6.69. The molecule has 0 aliphatic heterocycles. The summed E-state index contributed by atoms with van der Waals surface area (Å²) < 4.78 is 1.21. The van der Waals surface area contributed by atoms with Gasteiger partial charge in [0.25, 0.3) is 0 Å². The molecule has 104 valence electrons. The average Bonchev–Trinajstić information content (AvgIpc) is 2.24. The van der Waals surface area contributed by atoms with Gasteiger partial charge in [-0.3, -0.25) is 0 Å². The smallest absolute Gasteiger partial charge is 0.0965 e. The van der Waals surface area contributed by atoms with E-state index in [9.17, 15) is 0 Å². The molecule has 0 bridgehead atoms. The van der Waals surface area contributed by atoms with Crippen molar-refractivity contribution in [2.24, 2.45) is 0 Å². The number of hydrogen-bond donors (Lipinski definition) is 0. The normalized spacial score (nSPS) is 16.6. The Morgan fingerprint density at radius 2 is 1.35 bits per heavy atom. The van der Waals surface area contributed by atoms with Crippen LogP contribution in [0.1, 0.15) is 80.6 Å². The summed E-state index contributed by atoms with van der Waals surface area (Å²) in [6.45, 7) is 16.7. The van der Waals surface area contributed by atoms with Crippen LogP contribution in [0, 0.1) is 0 Å². The molecular formula is C16H36N+. The molecule has 0 saturated heterocycles. The van der Waals surface area contributed by atoms with E-state index in [0.29, 0.717) is 17.6 Å². The molecule has 0 saturated carbocycles. The lowest BCUT2D eigenvalue weighted by Crippen LogP contribution is -2.67. The molecule has 0 aromatic carbocycles. The summed E-state index contributed by atoms with van der Waals surface area (Å²) in [6, 6.07) is 1.40. The van der Waals surface area contributed by atoms with Crippen LogP contribution in [0.3, 0.4) is 0 Å². The summed E-state index contributed by atoms with van der Waals surface area (Å²) in [5, 5.41) is 0. The molecule has 0 spiro atoms. The van der Waals surface area contributed by atoms with E-state index in [1.165, 1.54) is 36.6 Å². The Bertz CT molecular complexity index is 200. The van der Waals surface area contributed by atoms with Gasteiger partial charge in [0.2, 0.25) is 0 Å². The minimum atomic E-state index is 0.438. The van der Waals surface area contributed by atoms with Gasteiger partial charge in [-0.05, 0) is 41.0 Å². The molecule has 0 aromatic heterocycles. The number of hydrogen-bond acceptors (Lipinski definition) is 0. The second-order valence-corrected chi connectivity index (χ2v) is 6.69. The van der Waals surface area contributed by atoms with Crippen LogP contribution in [0.2, 0.25) is 0 Å². The van der Waals surface area contributed by atoms with E-state index in [1.807, 2.05) is 0 Å². The minimum absolute atomic E-state index is 0.438. The maximum atomic E-state index is 2.52. The van der Waals surface area contributed by atoms with Gasteiger partial charge in [0.15, 0.2) is 0 Å². The number of nitrogens with zero attached hydrogens (tertiary/aromatic N) is 1. The number of quaternary nitrogens is 1. The molecule has 0 aliphatic rings. The quantitative estimate of drug-likeness (QED) is 0.526. The SMILES string of the molecule is CCCCC(C)(CCC)[N+](C)(C(C)C)C(C)C. The largest absolute Gasteiger partial charge is 0.317 e. The second kappa shape index (κ2) is 6.78. The van der Waals surface area contributed by atoms with E-state index in [1.54, 1.807) is 0 Å². The fraction of sp³-hybridized carbons (Fsp3) is 1.00. The van der Waals surface area contributed by atoms with E-state index in [4.69, 9.17) is 0 Å². The molecule has 17 heavy (non-hydrogen) atoms. The lowest BCUT2D eigenvalue weighted by molar-refractivity contribution is -0.995. The summed E-state index contributed by atoms with van der Waals surface area (Å²) in [5.74, 6) is 0. The molecule has 0 heterocycles. The predicted molar refractivity (Wildman–Crippen MR) is 79.3 cm³/mol. The summed E-state index contributed by atoms with van der Waals surface area (Å²) >= 11 is 0. The van der Waals surface area contributed by atoms with Crippen molar-refractivity contribution in [1.29, 1.82) is 0 Å². The first kappa shape index (κ1) is 17.0. The molecule has 0 amide bonds. The topological polar surface area (TPSA) is 0 Å². The fourth-order valence-corrected chi connectivity index (χ4v) is 3.55. The molecule has 1 heteroatoms. The van der Waals surface area contributed by atoms with E-state index in [2.05, 4.69) is 55.5 Å². The highest BCUT2D eigenvalue weighted by molar-refractivity contribution is 4.78. The molecule has 0 radical (unpaired) electrons. The van der Waals surface area contributed by atoms with Crippen LogP contribution in [-0.2, 0) is 0 Å². The van der Waals surface area contributed by atoms with Gasteiger partial charge in [-0.15, -0.1) is 0 Å². The van der Waals surface area contributed by atoms with Gasteiger partial charge >= 0.3 is 0 Å². The Hall–Kier alpha value is -0.0400. The third-order valence-electron chi connectivity index (χ3n) is 5.17. The van der Waals surface area contributed by atoms with Crippen molar-refractivity contribution in [3.05, 3.63) is 0 Å². The third kappa shape index (κ3) is 3.47. The highest BCUT2D eigenvalue weighted by Crippen LogP contribution is 2.37. The van der Waals surface area contributed by atoms with Crippen molar-refractivity contribution in [3.63, 3.8) is 0 Å². The average molecular weight is 242 g/mol. The van der Waals surface area contributed by atoms with E-state index in [-0.39, 0.29) is 0 Å². The summed E-state index contributed by atoms with van der Waals surface area (Å²) in [4.78, 5) is 0. The van der Waals surface area contributed by atoms with Crippen molar-refractivity contribution >= 4 is 0 Å².